The lowest BCUT2D eigenvalue weighted by molar-refractivity contribution is -0.137. The number of hydrogen-bond donors (Lipinski definition) is 4. The Bertz CT molecular complexity index is 1940. The fourth-order valence-electron chi connectivity index (χ4n) is 3.85. The van der Waals surface area contributed by atoms with Gasteiger partial charge in [-0.2, -0.15) is 30.0 Å². The number of amides is 2. The molecular weight excluding hydrogens is 645 g/mol. The molecule has 0 spiro atoms. The topological polar surface area (TPSA) is 208 Å². The van der Waals surface area contributed by atoms with E-state index in [4.69, 9.17) is 0 Å². The van der Waals surface area contributed by atoms with Crippen molar-refractivity contribution < 1.29 is 58.2 Å². The first kappa shape index (κ1) is 31.4. The second-order valence-corrected chi connectivity index (χ2v) is 13.9. The predicted octanol–water partition coefficient (Wildman–Crippen LogP) is 0.998. The number of nitrogens with one attached hydrogen (secondary N) is 2. The van der Waals surface area contributed by atoms with Crippen molar-refractivity contribution in [2.75, 3.05) is 21.7 Å². The van der Waals surface area contributed by atoms with Crippen molar-refractivity contribution in [2.24, 2.45) is 0 Å². The number of halogens is 3. The third kappa shape index (κ3) is 6.44. The van der Waals surface area contributed by atoms with E-state index in [-0.39, 0.29) is 15.5 Å². The van der Waals surface area contributed by atoms with Gasteiger partial charge < -0.3 is 10.2 Å². The van der Waals surface area contributed by atoms with E-state index < -0.39 is 84.1 Å². The molecule has 5 rings (SSSR count). The minimum absolute atomic E-state index is 0.0442. The molecule has 0 atom stereocenters. The number of carbonyl (C=O) groups is 2. The van der Waals surface area contributed by atoms with Crippen molar-refractivity contribution in [1.82, 2.24) is 9.44 Å². The van der Waals surface area contributed by atoms with Crippen LogP contribution in [0.4, 0.5) is 24.5 Å². The van der Waals surface area contributed by atoms with Gasteiger partial charge in [0.2, 0.25) is 9.84 Å². The molecule has 2 amide bonds. The summed E-state index contributed by atoms with van der Waals surface area (Å²) in [5.74, 6) is -3.02. The number of hydrogen-bond acceptors (Lipinski definition) is 10. The lowest BCUT2D eigenvalue weighted by atomic mass is 10.2. The molecule has 0 aromatic heterocycles. The summed E-state index contributed by atoms with van der Waals surface area (Å²) in [6.07, 6.45) is -4.66. The Morgan fingerprint density at radius 3 is 1.56 bits per heavy atom. The summed E-state index contributed by atoms with van der Waals surface area (Å²) < 4.78 is 113. The molecule has 14 nitrogen and oxygen atoms in total. The maximum atomic E-state index is 12.5. The normalized spacial score (nSPS) is 17.6. The van der Waals surface area contributed by atoms with Crippen LogP contribution in [0.2, 0.25) is 0 Å². The molecule has 20 heteroatoms. The van der Waals surface area contributed by atoms with E-state index in [1.54, 1.807) is 27.6 Å². The summed E-state index contributed by atoms with van der Waals surface area (Å²) >= 11 is 0. The maximum absolute atomic E-state index is 12.5. The zero-order valence-electron chi connectivity index (χ0n) is 21.2. The van der Waals surface area contributed by atoms with Gasteiger partial charge in [-0.15, -0.1) is 0 Å². The van der Waals surface area contributed by atoms with E-state index in [9.17, 15) is 58.2 Å². The molecule has 3 aromatic carbocycles. The molecule has 0 unspecified atom stereocenters. The highest BCUT2D eigenvalue weighted by molar-refractivity contribution is 7.92. The SMILES string of the molecule is O=C1CN(c2ccc(C(F)(F)F)cc2O)S(=O)(=O)N1.O=C1CN(c2ccc(S(=O)(=O)c3ccccc3)cc2O)S(=O)(=O)N1. The van der Waals surface area contributed by atoms with Crippen LogP contribution in [0.3, 0.4) is 0 Å². The summed E-state index contributed by atoms with van der Waals surface area (Å²) in [7, 11) is -12.1. The second kappa shape index (κ2) is 10.9. The number of anilines is 2. The van der Waals surface area contributed by atoms with Gasteiger partial charge in [-0.3, -0.25) is 9.59 Å². The van der Waals surface area contributed by atoms with Crippen molar-refractivity contribution in [3.8, 4) is 11.5 Å². The molecule has 0 radical (unpaired) electrons. The Morgan fingerprint density at radius 2 is 1.16 bits per heavy atom. The quantitative estimate of drug-likeness (QED) is 0.311. The van der Waals surface area contributed by atoms with Gasteiger partial charge in [-0.25, -0.2) is 26.5 Å². The van der Waals surface area contributed by atoms with E-state index in [0.29, 0.717) is 20.7 Å². The predicted molar refractivity (Wildman–Crippen MR) is 142 cm³/mol. The molecule has 3 aromatic rings. The Balaban J connectivity index is 0.000000203. The molecular formula is C23H19F3N4O10S3. The highest BCUT2D eigenvalue weighted by atomic mass is 32.2. The minimum atomic E-state index is -4.66. The number of alkyl halides is 3. The molecule has 0 aliphatic carbocycles. The lowest BCUT2D eigenvalue weighted by Gasteiger charge is -2.17. The molecule has 230 valence electrons. The summed E-state index contributed by atoms with van der Waals surface area (Å²) in [6, 6.07) is 12.7. The van der Waals surface area contributed by atoms with Crippen LogP contribution in [0, 0.1) is 0 Å². The van der Waals surface area contributed by atoms with Crippen molar-refractivity contribution in [1.29, 1.82) is 0 Å². The molecule has 0 saturated carbocycles. The zero-order valence-corrected chi connectivity index (χ0v) is 23.6. The second-order valence-electron chi connectivity index (χ2n) is 8.74. The number of sulfone groups is 1. The smallest absolute Gasteiger partial charge is 0.416 e. The van der Waals surface area contributed by atoms with Gasteiger partial charge in [0.15, 0.2) is 0 Å². The number of phenolic OH excluding ortho intramolecular Hbond substituents is 2. The Labute approximate surface area is 242 Å². The monoisotopic (exact) mass is 664 g/mol. The third-order valence-electron chi connectivity index (χ3n) is 5.79. The number of rotatable bonds is 4. The molecule has 2 fully saturated rings. The highest BCUT2D eigenvalue weighted by Crippen LogP contribution is 2.37. The minimum Gasteiger partial charge on any atom is -0.506 e. The van der Waals surface area contributed by atoms with Gasteiger partial charge in [0.25, 0.3) is 11.8 Å². The largest absolute Gasteiger partial charge is 0.506 e. The first-order valence-electron chi connectivity index (χ1n) is 11.5. The number of aromatic hydroxyl groups is 2. The van der Waals surface area contributed by atoms with Crippen LogP contribution in [-0.2, 0) is 46.0 Å². The van der Waals surface area contributed by atoms with Crippen molar-refractivity contribution >= 4 is 53.4 Å². The number of nitrogens with zero attached hydrogens (tertiary/aromatic N) is 2. The van der Waals surface area contributed by atoms with Crippen molar-refractivity contribution in [3.05, 3.63) is 72.3 Å². The van der Waals surface area contributed by atoms with Crippen LogP contribution in [0.15, 0.2) is 76.5 Å². The van der Waals surface area contributed by atoms with Crippen LogP contribution >= 0.6 is 0 Å². The van der Waals surface area contributed by atoms with Gasteiger partial charge in [-0.1, -0.05) is 18.2 Å². The average molecular weight is 665 g/mol. The Morgan fingerprint density at radius 1 is 0.698 bits per heavy atom. The van der Waals surface area contributed by atoms with Crippen molar-refractivity contribution in [3.63, 3.8) is 0 Å². The van der Waals surface area contributed by atoms with E-state index in [2.05, 4.69) is 0 Å². The van der Waals surface area contributed by atoms with Gasteiger partial charge in [0.05, 0.1) is 26.7 Å². The standard InChI is InChI=1S/C14H12N2O6S2.C9H7F3N2O4S/c17-13-8-11(23(19,20)10-4-2-1-3-5-10)6-7-12(13)16-9-14(18)15-24(16,21)22;10-9(11,12)5-1-2-6(7(15)3-5)14-4-8(16)13-19(14,17)18/h1-8,17H,9H2,(H,15,18);1-3,15H,4H2,(H,13,16). The third-order valence-corrected chi connectivity index (χ3v) is 10.3. The fraction of sp³-hybridized carbons (Fsp3) is 0.130. The molecule has 0 bridgehead atoms. The fourth-order valence-corrected chi connectivity index (χ4v) is 7.48. The van der Waals surface area contributed by atoms with Crippen LogP contribution in [0.5, 0.6) is 11.5 Å². The molecule has 43 heavy (non-hydrogen) atoms. The highest BCUT2D eigenvalue weighted by Gasteiger charge is 2.38. The first-order valence-corrected chi connectivity index (χ1v) is 15.9. The Hall–Kier alpha value is -4.56. The molecule has 2 aliphatic rings. The van der Waals surface area contributed by atoms with Crippen molar-refractivity contribution in [2.45, 2.75) is 16.0 Å². The Kier molecular flexibility index (Phi) is 7.98. The number of benzene rings is 3. The van der Waals surface area contributed by atoms with Gasteiger partial charge >= 0.3 is 26.6 Å². The van der Waals surface area contributed by atoms with Crippen LogP contribution < -0.4 is 18.1 Å². The van der Waals surface area contributed by atoms with Gasteiger partial charge in [0.1, 0.15) is 24.6 Å². The van der Waals surface area contributed by atoms with Crippen LogP contribution in [-0.4, -0.2) is 60.4 Å². The van der Waals surface area contributed by atoms with Gasteiger partial charge in [-0.05, 0) is 42.5 Å². The zero-order chi connectivity index (χ0) is 32.0. The summed E-state index contributed by atoms with van der Waals surface area (Å²) in [5, 5.41) is 19.6. The molecule has 4 N–H and O–H groups in total. The van der Waals surface area contributed by atoms with Crippen LogP contribution in [0.25, 0.3) is 0 Å². The number of carbonyl (C=O) groups excluding carboxylic acids is 2. The first-order chi connectivity index (χ1) is 19.8. The molecule has 2 heterocycles. The summed E-state index contributed by atoms with van der Waals surface area (Å²) in [5.41, 5.74) is -1.70. The maximum Gasteiger partial charge on any atom is 0.416 e. The van der Waals surface area contributed by atoms with Gasteiger partial charge in [0, 0.05) is 6.07 Å². The summed E-state index contributed by atoms with van der Waals surface area (Å²) in [4.78, 5) is 22.1. The number of phenols is 2. The molecule has 2 aliphatic heterocycles. The molecule has 2 saturated heterocycles. The van der Waals surface area contributed by atoms with E-state index in [0.717, 1.165) is 18.2 Å². The lowest BCUT2D eigenvalue weighted by Crippen LogP contribution is -2.29. The van der Waals surface area contributed by atoms with Crippen LogP contribution in [0.1, 0.15) is 5.56 Å². The van der Waals surface area contributed by atoms with E-state index in [1.165, 1.54) is 18.2 Å². The van der Waals surface area contributed by atoms with E-state index in [1.807, 2.05) is 0 Å². The van der Waals surface area contributed by atoms with E-state index >= 15 is 0 Å². The summed E-state index contributed by atoms with van der Waals surface area (Å²) in [6.45, 7) is -1.08. The average Bonchev–Trinajstić information content (AvgIpc) is 3.34.